The fourth-order valence-corrected chi connectivity index (χ4v) is 2.19. The summed E-state index contributed by atoms with van der Waals surface area (Å²) >= 11 is 0. The van der Waals surface area contributed by atoms with Crippen molar-refractivity contribution in [2.75, 3.05) is 12.4 Å². The Labute approximate surface area is 123 Å². The number of hydrogen-bond donors (Lipinski definition) is 1. The average molecular weight is 286 g/mol. The van der Waals surface area contributed by atoms with Crippen molar-refractivity contribution in [3.8, 4) is 5.75 Å². The van der Waals surface area contributed by atoms with Gasteiger partial charge in [0.25, 0.3) is 5.69 Å². The third-order valence-electron chi connectivity index (χ3n) is 3.49. The monoisotopic (exact) mass is 286 g/mol. The first-order valence-electron chi connectivity index (χ1n) is 6.67. The number of nitrogens with zero attached hydrogens (tertiary/aromatic N) is 1. The fourth-order valence-electron chi connectivity index (χ4n) is 2.19. The Morgan fingerprint density at radius 2 is 1.86 bits per heavy atom. The molecule has 0 aromatic heterocycles. The van der Waals surface area contributed by atoms with Crippen LogP contribution in [0.25, 0.3) is 0 Å². The van der Waals surface area contributed by atoms with Crippen molar-refractivity contribution in [1.29, 1.82) is 0 Å². The normalized spacial score (nSPS) is 11.8. The number of nitro benzene ring substituents is 1. The van der Waals surface area contributed by atoms with Gasteiger partial charge in [0, 0.05) is 23.4 Å². The zero-order valence-electron chi connectivity index (χ0n) is 12.3. The summed E-state index contributed by atoms with van der Waals surface area (Å²) in [7, 11) is 1.63. The summed E-state index contributed by atoms with van der Waals surface area (Å²) in [5.41, 5.74) is 2.62. The van der Waals surface area contributed by atoms with Crippen LogP contribution >= 0.6 is 0 Å². The van der Waals surface area contributed by atoms with Gasteiger partial charge in [-0.05, 0) is 37.6 Å². The molecule has 1 unspecified atom stereocenters. The maximum Gasteiger partial charge on any atom is 0.274 e. The van der Waals surface area contributed by atoms with Crippen LogP contribution in [-0.2, 0) is 0 Å². The standard InChI is InChI=1S/C16H18N2O3/c1-11-15(5-4-6-16(11)18(19)20)17-12(2)13-7-9-14(21-3)10-8-13/h4-10,12,17H,1-3H3. The summed E-state index contributed by atoms with van der Waals surface area (Å²) in [5, 5.41) is 14.3. The molecule has 2 aromatic rings. The SMILES string of the molecule is COc1ccc(C(C)Nc2cccc([N+](=O)[O-])c2C)cc1. The lowest BCUT2D eigenvalue weighted by atomic mass is 10.1. The zero-order valence-corrected chi connectivity index (χ0v) is 12.3. The summed E-state index contributed by atoms with van der Waals surface area (Å²) in [6, 6.07) is 12.8. The number of benzene rings is 2. The molecule has 0 bridgehead atoms. The Morgan fingerprint density at radius 1 is 1.19 bits per heavy atom. The van der Waals surface area contributed by atoms with Gasteiger partial charge in [-0.25, -0.2) is 0 Å². The van der Waals surface area contributed by atoms with E-state index in [1.165, 1.54) is 6.07 Å². The number of nitrogens with one attached hydrogen (secondary N) is 1. The molecule has 0 spiro atoms. The van der Waals surface area contributed by atoms with E-state index in [2.05, 4.69) is 5.32 Å². The first-order chi connectivity index (χ1) is 10.0. The molecular weight excluding hydrogens is 268 g/mol. The molecule has 0 aliphatic heterocycles. The molecule has 0 radical (unpaired) electrons. The van der Waals surface area contributed by atoms with Crippen LogP contribution in [0, 0.1) is 17.0 Å². The highest BCUT2D eigenvalue weighted by atomic mass is 16.6. The van der Waals surface area contributed by atoms with E-state index in [4.69, 9.17) is 4.74 Å². The molecule has 0 heterocycles. The van der Waals surface area contributed by atoms with Gasteiger partial charge in [0.1, 0.15) is 5.75 Å². The first-order valence-corrected chi connectivity index (χ1v) is 6.67. The maximum atomic E-state index is 11.0. The van der Waals surface area contributed by atoms with Gasteiger partial charge < -0.3 is 10.1 Å². The molecule has 2 rings (SSSR count). The molecule has 1 N–H and O–H groups in total. The smallest absolute Gasteiger partial charge is 0.274 e. The molecule has 21 heavy (non-hydrogen) atoms. The van der Waals surface area contributed by atoms with E-state index in [1.807, 2.05) is 37.3 Å². The second-order valence-electron chi connectivity index (χ2n) is 4.85. The van der Waals surface area contributed by atoms with Crippen molar-refractivity contribution in [1.82, 2.24) is 0 Å². The van der Waals surface area contributed by atoms with Crippen molar-refractivity contribution in [3.05, 3.63) is 63.7 Å². The van der Waals surface area contributed by atoms with Crippen LogP contribution in [0.2, 0.25) is 0 Å². The van der Waals surface area contributed by atoms with Gasteiger partial charge in [-0.15, -0.1) is 0 Å². The third kappa shape index (κ3) is 3.31. The van der Waals surface area contributed by atoms with E-state index < -0.39 is 0 Å². The Balaban J connectivity index is 2.20. The molecule has 0 fully saturated rings. The molecule has 0 aliphatic rings. The highest BCUT2D eigenvalue weighted by Crippen LogP contribution is 2.28. The van der Waals surface area contributed by atoms with Crippen molar-refractivity contribution >= 4 is 11.4 Å². The van der Waals surface area contributed by atoms with Crippen LogP contribution in [0.3, 0.4) is 0 Å². The van der Waals surface area contributed by atoms with Gasteiger partial charge >= 0.3 is 0 Å². The third-order valence-corrected chi connectivity index (χ3v) is 3.49. The molecule has 5 heteroatoms. The minimum atomic E-state index is -0.363. The van der Waals surface area contributed by atoms with Crippen LogP contribution < -0.4 is 10.1 Å². The van der Waals surface area contributed by atoms with Crippen molar-refractivity contribution in [3.63, 3.8) is 0 Å². The van der Waals surface area contributed by atoms with Crippen LogP contribution in [0.1, 0.15) is 24.1 Å². The molecule has 0 amide bonds. The van der Waals surface area contributed by atoms with E-state index in [-0.39, 0.29) is 16.7 Å². The highest BCUT2D eigenvalue weighted by Gasteiger charge is 2.15. The molecule has 0 saturated heterocycles. The van der Waals surface area contributed by atoms with Gasteiger partial charge in [0.2, 0.25) is 0 Å². The second kappa shape index (κ2) is 6.26. The van der Waals surface area contributed by atoms with Gasteiger partial charge in [0.15, 0.2) is 0 Å². The fraction of sp³-hybridized carbons (Fsp3) is 0.250. The summed E-state index contributed by atoms with van der Waals surface area (Å²) < 4.78 is 5.13. The van der Waals surface area contributed by atoms with E-state index in [1.54, 1.807) is 20.1 Å². The second-order valence-corrected chi connectivity index (χ2v) is 4.85. The minimum absolute atomic E-state index is 0.0385. The van der Waals surface area contributed by atoms with Crippen LogP contribution in [0.4, 0.5) is 11.4 Å². The molecule has 2 aromatic carbocycles. The Hall–Kier alpha value is -2.56. The summed E-state index contributed by atoms with van der Waals surface area (Å²) in [5.74, 6) is 0.803. The maximum absolute atomic E-state index is 11.0. The topological polar surface area (TPSA) is 64.4 Å². The lowest BCUT2D eigenvalue weighted by molar-refractivity contribution is -0.385. The minimum Gasteiger partial charge on any atom is -0.497 e. The van der Waals surface area contributed by atoms with E-state index in [9.17, 15) is 10.1 Å². The molecular formula is C16H18N2O3. The van der Waals surface area contributed by atoms with Crippen molar-refractivity contribution < 1.29 is 9.66 Å². The van der Waals surface area contributed by atoms with Crippen molar-refractivity contribution in [2.24, 2.45) is 0 Å². The predicted molar refractivity (Wildman–Crippen MR) is 82.9 cm³/mol. The Kier molecular flexibility index (Phi) is 4.42. The molecule has 110 valence electrons. The van der Waals surface area contributed by atoms with Crippen LogP contribution in [-0.4, -0.2) is 12.0 Å². The van der Waals surface area contributed by atoms with Gasteiger partial charge in [-0.1, -0.05) is 18.2 Å². The van der Waals surface area contributed by atoms with Crippen molar-refractivity contribution in [2.45, 2.75) is 19.9 Å². The number of anilines is 1. The van der Waals surface area contributed by atoms with E-state index >= 15 is 0 Å². The number of methoxy groups -OCH3 is 1. The lowest BCUT2D eigenvalue weighted by Gasteiger charge is -2.17. The molecule has 1 atom stereocenters. The molecule has 5 nitrogen and oxygen atoms in total. The predicted octanol–water partition coefficient (Wildman–Crippen LogP) is 4.08. The van der Waals surface area contributed by atoms with E-state index in [0.717, 1.165) is 17.0 Å². The number of hydrogen-bond acceptors (Lipinski definition) is 4. The lowest BCUT2D eigenvalue weighted by Crippen LogP contribution is -2.08. The summed E-state index contributed by atoms with van der Waals surface area (Å²) in [6.07, 6.45) is 0. The number of nitro groups is 1. The largest absolute Gasteiger partial charge is 0.497 e. The first kappa shape index (κ1) is 14.8. The number of ether oxygens (including phenoxy) is 1. The average Bonchev–Trinajstić information content (AvgIpc) is 2.49. The van der Waals surface area contributed by atoms with Gasteiger partial charge in [-0.3, -0.25) is 10.1 Å². The summed E-state index contributed by atoms with van der Waals surface area (Å²) in [4.78, 5) is 10.6. The molecule has 0 saturated carbocycles. The molecule has 0 aliphatic carbocycles. The Bertz CT molecular complexity index is 638. The van der Waals surface area contributed by atoms with E-state index in [0.29, 0.717) is 5.56 Å². The Morgan fingerprint density at radius 3 is 2.43 bits per heavy atom. The van der Waals surface area contributed by atoms with Crippen LogP contribution in [0.15, 0.2) is 42.5 Å². The summed E-state index contributed by atoms with van der Waals surface area (Å²) in [6.45, 7) is 3.77. The zero-order chi connectivity index (χ0) is 15.4. The van der Waals surface area contributed by atoms with Gasteiger partial charge in [0.05, 0.1) is 12.0 Å². The highest BCUT2D eigenvalue weighted by molar-refractivity contribution is 5.60. The van der Waals surface area contributed by atoms with Crippen LogP contribution in [0.5, 0.6) is 5.75 Å². The quantitative estimate of drug-likeness (QED) is 0.664. The number of rotatable bonds is 5. The van der Waals surface area contributed by atoms with Gasteiger partial charge in [-0.2, -0.15) is 0 Å².